The van der Waals surface area contributed by atoms with E-state index in [4.69, 9.17) is 0 Å². The van der Waals surface area contributed by atoms with E-state index in [1.165, 1.54) is 69.1 Å². The molecule has 0 heterocycles. The van der Waals surface area contributed by atoms with Crippen LogP contribution in [-0.4, -0.2) is 0 Å². The first kappa shape index (κ1) is 19.6. The molecule has 0 amide bonds. The summed E-state index contributed by atoms with van der Waals surface area (Å²) in [5.41, 5.74) is 2.39. The van der Waals surface area contributed by atoms with Crippen LogP contribution in [0, 0.1) is 29.4 Å². The first-order valence-electron chi connectivity index (χ1n) is 10.7. The quantitative estimate of drug-likeness (QED) is 0.454. The fourth-order valence-corrected chi connectivity index (χ4v) is 5.22. The van der Waals surface area contributed by atoms with Crippen molar-refractivity contribution in [3.8, 4) is 0 Å². The second-order valence-electron chi connectivity index (χ2n) is 8.71. The number of hydrogen-bond acceptors (Lipinski definition) is 0. The van der Waals surface area contributed by atoms with E-state index in [1.807, 2.05) is 0 Å². The molecule has 144 valence electrons. The number of benzene rings is 1. The minimum absolute atomic E-state index is 0.415. The van der Waals surface area contributed by atoms with E-state index in [0.29, 0.717) is 5.92 Å². The van der Waals surface area contributed by atoms with E-state index >= 15 is 0 Å². The minimum atomic E-state index is -0.735. The molecule has 2 fully saturated rings. The third-order valence-corrected chi connectivity index (χ3v) is 7.15. The Kier molecular flexibility index (Phi) is 6.89. The van der Waals surface area contributed by atoms with Gasteiger partial charge in [-0.05, 0) is 99.2 Å². The monoisotopic (exact) mass is 360 g/mol. The normalized spacial score (nSPS) is 29.5. The van der Waals surface area contributed by atoms with Crippen LogP contribution in [0.1, 0.15) is 89.0 Å². The van der Waals surface area contributed by atoms with Gasteiger partial charge < -0.3 is 0 Å². The van der Waals surface area contributed by atoms with Crippen molar-refractivity contribution in [3.63, 3.8) is 0 Å². The summed E-state index contributed by atoms with van der Waals surface area (Å²) in [7, 11) is 0. The van der Waals surface area contributed by atoms with Gasteiger partial charge in [-0.25, -0.2) is 8.78 Å². The molecule has 0 bridgehead atoms. The van der Waals surface area contributed by atoms with Gasteiger partial charge in [0.15, 0.2) is 11.6 Å². The van der Waals surface area contributed by atoms with Gasteiger partial charge in [-0.1, -0.05) is 38.0 Å². The topological polar surface area (TPSA) is 0 Å². The lowest BCUT2D eigenvalue weighted by Gasteiger charge is -2.38. The number of allylic oxidation sites excluding steroid dienone is 1. The van der Waals surface area contributed by atoms with Crippen LogP contribution in [0.25, 0.3) is 0 Å². The van der Waals surface area contributed by atoms with E-state index in [-0.39, 0.29) is 0 Å². The Labute approximate surface area is 158 Å². The molecule has 2 heteroatoms. The van der Waals surface area contributed by atoms with Crippen LogP contribution in [0.15, 0.2) is 30.4 Å². The summed E-state index contributed by atoms with van der Waals surface area (Å²) >= 11 is 0. The van der Waals surface area contributed by atoms with E-state index in [9.17, 15) is 8.78 Å². The van der Waals surface area contributed by atoms with E-state index in [0.717, 1.165) is 42.6 Å². The molecular formula is C24H34F2. The van der Waals surface area contributed by atoms with Crippen molar-refractivity contribution in [1.29, 1.82) is 0 Å². The van der Waals surface area contributed by atoms with Crippen molar-refractivity contribution in [2.75, 3.05) is 0 Å². The van der Waals surface area contributed by atoms with Crippen LogP contribution in [0.3, 0.4) is 0 Å². The molecule has 2 aliphatic carbocycles. The first-order chi connectivity index (χ1) is 12.6. The maximum atomic E-state index is 13.5. The van der Waals surface area contributed by atoms with Crippen LogP contribution in [-0.2, 0) is 0 Å². The average molecular weight is 361 g/mol. The Morgan fingerprint density at radius 1 is 0.923 bits per heavy atom. The van der Waals surface area contributed by atoms with Gasteiger partial charge in [-0.2, -0.15) is 0 Å². The van der Waals surface area contributed by atoms with Crippen LogP contribution in [0.5, 0.6) is 0 Å². The lowest BCUT2D eigenvalue weighted by molar-refractivity contribution is 0.157. The number of hydrogen-bond donors (Lipinski definition) is 0. The summed E-state index contributed by atoms with van der Waals surface area (Å²) in [5, 5.41) is 0. The fourth-order valence-electron chi connectivity index (χ4n) is 5.22. The largest absolute Gasteiger partial charge is 0.204 e. The van der Waals surface area contributed by atoms with Gasteiger partial charge in [0.05, 0.1) is 0 Å². The molecule has 0 radical (unpaired) electrons. The smallest absolute Gasteiger partial charge is 0.159 e. The van der Waals surface area contributed by atoms with Gasteiger partial charge in [-0.15, -0.1) is 0 Å². The van der Waals surface area contributed by atoms with E-state index in [1.54, 1.807) is 6.07 Å². The molecule has 2 saturated carbocycles. The molecule has 0 aliphatic heterocycles. The molecule has 1 aromatic carbocycles. The second kappa shape index (κ2) is 9.15. The maximum Gasteiger partial charge on any atom is 0.159 e. The first-order valence-corrected chi connectivity index (χ1v) is 10.7. The predicted molar refractivity (Wildman–Crippen MR) is 105 cm³/mol. The Morgan fingerprint density at radius 3 is 2.12 bits per heavy atom. The fraction of sp³-hybridized carbons (Fsp3) is 0.667. The highest BCUT2D eigenvalue weighted by molar-refractivity contribution is 5.22. The summed E-state index contributed by atoms with van der Waals surface area (Å²) in [4.78, 5) is 0. The second-order valence-corrected chi connectivity index (χ2v) is 8.71. The van der Waals surface area contributed by atoms with E-state index in [2.05, 4.69) is 13.5 Å². The van der Waals surface area contributed by atoms with Gasteiger partial charge in [0.25, 0.3) is 0 Å². The molecule has 0 atom stereocenters. The molecule has 26 heavy (non-hydrogen) atoms. The van der Waals surface area contributed by atoms with Crippen LogP contribution in [0.2, 0.25) is 0 Å². The van der Waals surface area contributed by atoms with E-state index < -0.39 is 11.6 Å². The summed E-state index contributed by atoms with van der Waals surface area (Å²) in [6, 6.07) is 4.47. The van der Waals surface area contributed by atoms with Crippen LogP contribution in [0.4, 0.5) is 8.78 Å². The highest BCUT2D eigenvalue weighted by Crippen LogP contribution is 2.44. The minimum Gasteiger partial charge on any atom is -0.204 e. The van der Waals surface area contributed by atoms with Crippen molar-refractivity contribution >= 4 is 0 Å². The standard InChI is InChI=1S/C24H34F2/c1-3-17(2)4-5-18-6-8-19(9-7-18)20-10-12-21(13-11-20)22-14-15-23(25)24(26)16-22/h14-16,18-21H,2-13H2,1H3. The zero-order valence-corrected chi connectivity index (χ0v) is 16.3. The highest BCUT2D eigenvalue weighted by atomic mass is 19.2. The van der Waals surface area contributed by atoms with Gasteiger partial charge in [-0.3, -0.25) is 0 Å². The molecule has 0 aromatic heterocycles. The van der Waals surface area contributed by atoms with Gasteiger partial charge in [0.1, 0.15) is 0 Å². The zero-order valence-electron chi connectivity index (χ0n) is 16.3. The van der Waals surface area contributed by atoms with Crippen molar-refractivity contribution < 1.29 is 8.78 Å². The van der Waals surface area contributed by atoms with Crippen LogP contribution >= 0.6 is 0 Å². The molecule has 0 spiro atoms. The Bertz CT molecular complexity index is 590. The van der Waals surface area contributed by atoms with Gasteiger partial charge in [0, 0.05) is 0 Å². The SMILES string of the molecule is C=C(CC)CCC1CCC(C2CCC(c3ccc(F)c(F)c3)CC2)CC1. The number of rotatable bonds is 6. The molecular weight excluding hydrogens is 326 g/mol. The molecule has 0 nitrogen and oxygen atoms in total. The predicted octanol–water partition coefficient (Wildman–Crippen LogP) is 7.79. The van der Waals surface area contributed by atoms with Crippen LogP contribution < -0.4 is 0 Å². The Morgan fingerprint density at radius 2 is 1.54 bits per heavy atom. The zero-order chi connectivity index (χ0) is 18.5. The van der Waals surface area contributed by atoms with Gasteiger partial charge >= 0.3 is 0 Å². The van der Waals surface area contributed by atoms with Crippen molar-refractivity contribution in [3.05, 3.63) is 47.5 Å². The lowest BCUT2D eigenvalue weighted by Crippen LogP contribution is -2.25. The summed E-state index contributed by atoms with van der Waals surface area (Å²) < 4.78 is 26.6. The molecule has 3 rings (SSSR count). The average Bonchev–Trinajstić information content (AvgIpc) is 2.69. The summed E-state index contributed by atoms with van der Waals surface area (Å²) in [5.74, 6) is 1.64. The Balaban J connectivity index is 1.43. The van der Waals surface area contributed by atoms with Crippen molar-refractivity contribution in [2.24, 2.45) is 17.8 Å². The lowest BCUT2D eigenvalue weighted by atomic mass is 9.68. The maximum absolute atomic E-state index is 13.5. The van der Waals surface area contributed by atoms with Gasteiger partial charge in [0.2, 0.25) is 0 Å². The van der Waals surface area contributed by atoms with Crippen molar-refractivity contribution in [2.45, 2.75) is 83.5 Å². The molecule has 0 N–H and O–H groups in total. The Hall–Kier alpha value is -1.18. The molecule has 0 unspecified atom stereocenters. The third-order valence-electron chi connectivity index (χ3n) is 7.15. The highest BCUT2D eigenvalue weighted by Gasteiger charge is 2.31. The molecule has 1 aromatic rings. The number of halogens is 2. The third kappa shape index (κ3) is 4.96. The van der Waals surface area contributed by atoms with Crippen molar-refractivity contribution in [1.82, 2.24) is 0 Å². The summed E-state index contributed by atoms with van der Waals surface area (Å²) in [6.07, 6.45) is 14.0. The molecule has 0 saturated heterocycles. The summed E-state index contributed by atoms with van der Waals surface area (Å²) in [6.45, 7) is 6.35. The molecule has 2 aliphatic rings.